The van der Waals surface area contributed by atoms with Gasteiger partial charge in [-0.05, 0) is 6.92 Å². The van der Waals surface area contributed by atoms with Crippen LogP contribution in [0, 0.1) is 6.92 Å². The Kier molecular flexibility index (Phi) is 3.31. The molecule has 0 saturated carbocycles. The molecule has 7 heteroatoms. The van der Waals surface area contributed by atoms with Crippen LogP contribution < -0.4 is 11.1 Å². The van der Waals surface area contributed by atoms with E-state index in [1.165, 1.54) is 4.68 Å². The zero-order chi connectivity index (χ0) is 11.6. The quantitative estimate of drug-likeness (QED) is 0.717. The number of hydrogen-bond donors (Lipinski definition) is 2. The number of hydrogen-bond acceptors (Lipinski definition) is 3. The van der Waals surface area contributed by atoms with Gasteiger partial charge in [0.1, 0.15) is 5.88 Å². The average Bonchev–Trinajstić information content (AvgIpc) is 2.46. The Morgan fingerprint density at radius 3 is 2.67 bits per heavy atom. The van der Waals surface area contributed by atoms with Gasteiger partial charge in [-0.1, -0.05) is 0 Å². The molecule has 6 nitrogen and oxygen atoms in total. The molecule has 0 aliphatic heterocycles. The summed E-state index contributed by atoms with van der Waals surface area (Å²) in [7, 11) is 1.65. The summed E-state index contributed by atoms with van der Waals surface area (Å²) < 4.78 is 1.46. The van der Waals surface area contributed by atoms with Crippen LogP contribution in [0.2, 0.25) is 0 Å². The molecule has 2 amide bonds. The maximum Gasteiger partial charge on any atom is 0.271 e. The van der Waals surface area contributed by atoms with E-state index in [1.807, 2.05) is 0 Å². The Bertz CT molecular complexity index is 413. The first-order valence-electron chi connectivity index (χ1n) is 4.16. The summed E-state index contributed by atoms with van der Waals surface area (Å²) >= 11 is 5.34. The van der Waals surface area contributed by atoms with Gasteiger partial charge in [0.2, 0.25) is 5.91 Å². The van der Waals surface area contributed by atoms with Gasteiger partial charge in [-0.3, -0.25) is 14.3 Å². The number of primary amides is 1. The molecule has 82 valence electrons. The summed E-state index contributed by atoms with van der Waals surface area (Å²) in [5.41, 5.74) is 6.11. The molecule has 1 rings (SSSR count). The number of carbonyl (C=O) groups excluding carboxylic acids is 2. The molecule has 0 spiro atoms. The van der Waals surface area contributed by atoms with Gasteiger partial charge in [-0.25, -0.2) is 0 Å². The van der Waals surface area contributed by atoms with E-state index in [0.717, 1.165) is 0 Å². The fraction of sp³-hybridized carbons (Fsp3) is 0.375. The third kappa shape index (κ3) is 2.27. The molecule has 0 bridgehead atoms. The Morgan fingerprint density at radius 1 is 1.60 bits per heavy atom. The Balaban J connectivity index is 3.13. The summed E-state index contributed by atoms with van der Waals surface area (Å²) in [4.78, 5) is 22.1. The maximum absolute atomic E-state index is 11.1. The number of aryl methyl sites for hydroxylation is 1. The maximum atomic E-state index is 11.1. The van der Waals surface area contributed by atoms with E-state index in [2.05, 4.69) is 10.4 Å². The first kappa shape index (κ1) is 11.5. The molecular weight excluding hydrogens is 220 g/mol. The van der Waals surface area contributed by atoms with E-state index < -0.39 is 11.8 Å². The highest BCUT2D eigenvalue weighted by atomic mass is 35.5. The van der Waals surface area contributed by atoms with Crippen LogP contribution in [0.4, 0.5) is 5.69 Å². The summed E-state index contributed by atoms with van der Waals surface area (Å²) in [6.45, 7) is 1.71. The number of aromatic nitrogens is 2. The minimum atomic E-state index is -0.691. The molecule has 1 aromatic rings. The lowest BCUT2D eigenvalue weighted by atomic mass is 10.3. The van der Waals surface area contributed by atoms with Crippen LogP contribution in [-0.4, -0.2) is 27.5 Å². The highest BCUT2D eigenvalue weighted by Gasteiger charge is 2.18. The van der Waals surface area contributed by atoms with Crippen molar-refractivity contribution in [2.75, 3.05) is 11.2 Å². The highest BCUT2D eigenvalue weighted by molar-refractivity contribution is 6.29. The molecule has 0 radical (unpaired) electrons. The molecule has 0 saturated heterocycles. The second-order valence-electron chi connectivity index (χ2n) is 2.98. The van der Waals surface area contributed by atoms with E-state index in [4.69, 9.17) is 17.3 Å². The Hall–Kier alpha value is -1.56. The van der Waals surface area contributed by atoms with Crippen molar-refractivity contribution in [1.29, 1.82) is 0 Å². The zero-order valence-electron chi connectivity index (χ0n) is 8.37. The van der Waals surface area contributed by atoms with Crippen molar-refractivity contribution >= 4 is 29.1 Å². The van der Waals surface area contributed by atoms with Gasteiger partial charge >= 0.3 is 0 Å². The summed E-state index contributed by atoms with van der Waals surface area (Å²) in [5, 5.41) is 6.36. The summed E-state index contributed by atoms with van der Waals surface area (Å²) in [5.74, 6) is -1.29. The minimum Gasteiger partial charge on any atom is -0.364 e. The zero-order valence-corrected chi connectivity index (χ0v) is 9.13. The number of rotatable bonds is 3. The molecule has 0 aromatic carbocycles. The van der Waals surface area contributed by atoms with E-state index in [1.54, 1.807) is 14.0 Å². The van der Waals surface area contributed by atoms with E-state index >= 15 is 0 Å². The third-order valence-electron chi connectivity index (χ3n) is 1.95. The van der Waals surface area contributed by atoms with E-state index in [-0.39, 0.29) is 11.6 Å². The van der Waals surface area contributed by atoms with Crippen LogP contribution in [0.25, 0.3) is 0 Å². The van der Waals surface area contributed by atoms with Crippen molar-refractivity contribution in [3.05, 3.63) is 11.4 Å². The predicted octanol–water partition coefficient (Wildman–Crippen LogP) is 0.00472. The molecule has 0 aliphatic carbocycles. The summed E-state index contributed by atoms with van der Waals surface area (Å²) in [6.07, 6.45) is 0. The van der Waals surface area contributed by atoms with Gasteiger partial charge < -0.3 is 11.1 Å². The number of nitrogens with one attached hydrogen (secondary N) is 1. The fourth-order valence-corrected chi connectivity index (χ4v) is 1.17. The minimum absolute atomic E-state index is 0.0356. The summed E-state index contributed by atoms with van der Waals surface area (Å²) in [6, 6.07) is 0. The van der Waals surface area contributed by atoms with Crippen molar-refractivity contribution in [3.8, 4) is 0 Å². The number of anilines is 1. The van der Waals surface area contributed by atoms with Crippen molar-refractivity contribution in [1.82, 2.24) is 9.78 Å². The smallest absolute Gasteiger partial charge is 0.271 e. The third-order valence-corrected chi connectivity index (χ3v) is 2.20. The van der Waals surface area contributed by atoms with E-state index in [0.29, 0.717) is 11.4 Å². The van der Waals surface area contributed by atoms with Gasteiger partial charge in [0.15, 0.2) is 5.69 Å². The molecule has 0 fully saturated rings. The molecule has 0 aliphatic rings. The average molecular weight is 231 g/mol. The molecule has 1 aromatic heterocycles. The van der Waals surface area contributed by atoms with Crippen molar-refractivity contribution in [2.45, 2.75) is 6.92 Å². The van der Waals surface area contributed by atoms with Crippen LogP contribution in [0.3, 0.4) is 0 Å². The van der Waals surface area contributed by atoms with Crippen molar-refractivity contribution in [3.63, 3.8) is 0 Å². The number of alkyl halides is 1. The second kappa shape index (κ2) is 4.31. The number of nitrogens with two attached hydrogens (primary N) is 1. The molecule has 3 N–H and O–H groups in total. The van der Waals surface area contributed by atoms with E-state index in [9.17, 15) is 9.59 Å². The van der Waals surface area contributed by atoms with Crippen LogP contribution >= 0.6 is 11.6 Å². The SMILES string of the molecule is Cc1c(NC(=O)CCl)c(C(N)=O)nn1C. The fourth-order valence-electron chi connectivity index (χ4n) is 1.10. The van der Waals surface area contributed by atoms with Crippen LogP contribution in [0.5, 0.6) is 0 Å². The highest BCUT2D eigenvalue weighted by Crippen LogP contribution is 2.18. The molecule has 1 heterocycles. The lowest BCUT2D eigenvalue weighted by molar-refractivity contribution is -0.113. The monoisotopic (exact) mass is 230 g/mol. The Morgan fingerprint density at radius 2 is 2.20 bits per heavy atom. The van der Waals surface area contributed by atoms with Gasteiger partial charge in [0.05, 0.1) is 11.4 Å². The van der Waals surface area contributed by atoms with Crippen LogP contribution in [-0.2, 0) is 11.8 Å². The van der Waals surface area contributed by atoms with Crippen LogP contribution in [0.15, 0.2) is 0 Å². The Labute approximate surface area is 91.4 Å². The van der Waals surface area contributed by atoms with Gasteiger partial charge in [0.25, 0.3) is 5.91 Å². The molecule has 0 atom stereocenters. The second-order valence-corrected chi connectivity index (χ2v) is 3.25. The van der Waals surface area contributed by atoms with Gasteiger partial charge in [-0.2, -0.15) is 5.10 Å². The first-order chi connectivity index (χ1) is 6.97. The van der Waals surface area contributed by atoms with Gasteiger partial charge in [0, 0.05) is 7.05 Å². The standard InChI is InChI=1S/C8H11ClN4O2/c1-4-6(11-5(14)3-9)7(8(10)15)12-13(4)2/h3H2,1-2H3,(H2,10,15)(H,11,14). The molecule has 15 heavy (non-hydrogen) atoms. The topological polar surface area (TPSA) is 90.0 Å². The van der Waals surface area contributed by atoms with Crippen LogP contribution in [0.1, 0.15) is 16.2 Å². The number of halogens is 1. The first-order valence-corrected chi connectivity index (χ1v) is 4.70. The van der Waals surface area contributed by atoms with Crippen molar-refractivity contribution < 1.29 is 9.59 Å². The number of nitrogens with zero attached hydrogens (tertiary/aromatic N) is 2. The lowest BCUT2D eigenvalue weighted by Crippen LogP contribution is -2.18. The van der Waals surface area contributed by atoms with Gasteiger partial charge in [-0.15, -0.1) is 11.6 Å². The normalized spacial score (nSPS) is 10.1. The van der Waals surface area contributed by atoms with Crippen molar-refractivity contribution in [2.24, 2.45) is 12.8 Å². The largest absolute Gasteiger partial charge is 0.364 e. The number of carbonyl (C=O) groups is 2. The molecular formula is C8H11ClN4O2. The predicted molar refractivity (Wildman–Crippen MR) is 55.8 cm³/mol. The molecule has 0 unspecified atom stereocenters. The number of amides is 2. The lowest BCUT2D eigenvalue weighted by Gasteiger charge is -2.02.